The van der Waals surface area contributed by atoms with E-state index in [4.69, 9.17) is 0 Å². The van der Waals surface area contributed by atoms with Crippen molar-refractivity contribution in [2.24, 2.45) is 0 Å². The molecule has 0 aliphatic heterocycles. The molecule has 0 saturated heterocycles. The summed E-state index contributed by atoms with van der Waals surface area (Å²) < 4.78 is 0. The van der Waals surface area contributed by atoms with Gasteiger partial charge in [-0.15, -0.1) is 0 Å². The molecule has 2 aromatic carbocycles. The minimum absolute atomic E-state index is 0.118. The first kappa shape index (κ1) is 15.1. The molecule has 0 unspecified atom stereocenters. The van der Waals surface area contributed by atoms with Crippen molar-refractivity contribution in [1.29, 1.82) is 0 Å². The van der Waals surface area contributed by atoms with Gasteiger partial charge in [-0.3, -0.25) is 0 Å². The second-order valence-electron chi connectivity index (χ2n) is 6.49. The highest BCUT2D eigenvalue weighted by molar-refractivity contribution is 5.33. The Kier molecular flexibility index (Phi) is 4.79. The van der Waals surface area contributed by atoms with E-state index in [2.05, 4.69) is 41.7 Å². The summed E-state index contributed by atoms with van der Waals surface area (Å²) in [5.74, 6) is 0.425. The van der Waals surface area contributed by atoms with Crippen LogP contribution in [-0.2, 0) is 13.0 Å². The lowest BCUT2D eigenvalue weighted by molar-refractivity contribution is 0.225. The number of hydrogen-bond acceptors (Lipinski definition) is 2. The molecule has 2 nitrogen and oxygen atoms in total. The molecule has 1 aliphatic rings. The predicted molar refractivity (Wildman–Crippen MR) is 90.9 cm³/mol. The Balaban J connectivity index is 1.74. The van der Waals surface area contributed by atoms with E-state index >= 15 is 0 Å². The van der Waals surface area contributed by atoms with Crippen molar-refractivity contribution in [2.75, 3.05) is 0 Å². The van der Waals surface area contributed by atoms with E-state index in [0.29, 0.717) is 5.75 Å². The molecule has 0 heterocycles. The van der Waals surface area contributed by atoms with Crippen molar-refractivity contribution in [2.45, 2.75) is 50.6 Å². The number of phenols is 1. The molecule has 2 N–H and O–H groups in total. The Bertz CT molecular complexity index is 588. The molecule has 2 aromatic rings. The molecular formula is C20H25NO. The van der Waals surface area contributed by atoms with Crippen LogP contribution in [0.2, 0.25) is 0 Å². The van der Waals surface area contributed by atoms with Crippen LogP contribution >= 0.6 is 0 Å². The number of rotatable bonds is 5. The van der Waals surface area contributed by atoms with Crippen molar-refractivity contribution < 1.29 is 5.11 Å². The third-order valence-electron chi connectivity index (χ3n) is 4.84. The van der Waals surface area contributed by atoms with E-state index in [1.54, 1.807) is 6.07 Å². The number of nitrogens with one attached hydrogen (secondary N) is 1. The van der Waals surface area contributed by atoms with E-state index in [0.717, 1.165) is 18.5 Å². The van der Waals surface area contributed by atoms with Crippen LogP contribution < -0.4 is 5.32 Å². The van der Waals surface area contributed by atoms with E-state index in [1.807, 2.05) is 12.1 Å². The molecule has 3 rings (SSSR count). The molecule has 0 spiro atoms. The zero-order valence-electron chi connectivity index (χ0n) is 13.1. The molecule has 1 saturated carbocycles. The van der Waals surface area contributed by atoms with Gasteiger partial charge < -0.3 is 10.4 Å². The predicted octanol–water partition coefficient (Wildman–Crippen LogP) is 4.43. The summed E-state index contributed by atoms with van der Waals surface area (Å²) in [5, 5.41) is 13.9. The Morgan fingerprint density at radius 2 is 1.55 bits per heavy atom. The summed E-state index contributed by atoms with van der Waals surface area (Å²) in [6, 6.07) is 18.3. The first-order valence-electron chi connectivity index (χ1n) is 8.33. The van der Waals surface area contributed by atoms with E-state index in [-0.39, 0.29) is 5.54 Å². The topological polar surface area (TPSA) is 32.3 Å². The van der Waals surface area contributed by atoms with Crippen LogP contribution in [0.1, 0.15) is 43.2 Å². The quantitative estimate of drug-likeness (QED) is 0.855. The first-order valence-corrected chi connectivity index (χ1v) is 8.33. The van der Waals surface area contributed by atoms with Gasteiger partial charge in [0.1, 0.15) is 5.75 Å². The van der Waals surface area contributed by atoms with Crippen LogP contribution in [0.3, 0.4) is 0 Å². The SMILES string of the molecule is Oc1ccccc1CC1(NCc2ccccc2)CCCCC1. The molecule has 0 aromatic heterocycles. The fourth-order valence-electron chi connectivity index (χ4n) is 3.55. The second kappa shape index (κ2) is 6.97. The van der Waals surface area contributed by atoms with Gasteiger partial charge in [-0.1, -0.05) is 67.8 Å². The van der Waals surface area contributed by atoms with Crippen molar-refractivity contribution >= 4 is 0 Å². The molecular weight excluding hydrogens is 270 g/mol. The summed E-state index contributed by atoms with van der Waals surface area (Å²) in [5.41, 5.74) is 2.50. The molecule has 1 aliphatic carbocycles. The van der Waals surface area contributed by atoms with Crippen molar-refractivity contribution in [3.8, 4) is 5.75 Å². The maximum atomic E-state index is 10.1. The van der Waals surface area contributed by atoms with Crippen LogP contribution in [0.15, 0.2) is 54.6 Å². The van der Waals surface area contributed by atoms with Gasteiger partial charge in [0.25, 0.3) is 0 Å². The molecule has 2 heteroatoms. The Morgan fingerprint density at radius 3 is 2.27 bits per heavy atom. The zero-order valence-corrected chi connectivity index (χ0v) is 13.1. The van der Waals surface area contributed by atoms with Gasteiger partial charge in [0.05, 0.1) is 0 Å². The number of benzene rings is 2. The maximum Gasteiger partial charge on any atom is 0.118 e. The number of para-hydroxylation sites is 1. The standard InChI is InChI=1S/C20H25NO/c22-19-12-6-5-11-18(19)15-20(13-7-2-8-14-20)21-16-17-9-3-1-4-10-17/h1,3-6,9-12,21-22H,2,7-8,13-16H2. The summed E-state index contributed by atoms with van der Waals surface area (Å²) >= 11 is 0. The Hall–Kier alpha value is -1.80. The van der Waals surface area contributed by atoms with Gasteiger partial charge in [0, 0.05) is 12.1 Å². The summed E-state index contributed by atoms with van der Waals surface area (Å²) in [6.45, 7) is 0.897. The highest BCUT2D eigenvalue weighted by atomic mass is 16.3. The zero-order chi connectivity index (χ0) is 15.3. The molecule has 1 fully saturated rings. The van der Waals surface area contributed by atoms with Crippen LogP contribution in [-0.4, -0.2) is 10.6 Å². The Labute approximate surface area is 133 Å². The van der Waals surface area contributed by atoms with Crippen LogP contribution in [0.25, 0.3) is 0 Å². The largest absolute Gasteiger partial charge is 0.508 e. The van der Waals surface area contributed by atoms with Gasteiger partial charge in [0.15, 0.2) is 0 Å². The van der Waals surface area contributed by atoms with Gasteiger partial charge >= 0.3 is 0 Å². The van der Waals surface area contributed by atoms with Gasteiger partial charge in [0.2, 0.25) is 0 Å². The van der Waals surface area contributed by atoms with E-state index in [1.165, 1.54) is 37.7 Å². The van der Waals surface area contributed by atoms with Crippen LogP contribution in [0.4, 0.5) is 0 Å². The average Bonchev–Trinajstić information content (AvgIpc) is 2.57. The fraction of sp³-hybridized carbons (Fsp3) is 0.400. The summed E-state index contributed by atoms with van der Waals surface area (Å²) in [7, 11) is 0. The minimum atomic E-state index is 0.118. The lowest BCUT2D eigenvalue weighted by atomic mass is 9.77. The number of phenolic OH excluding ortho intramolecular Hbond substituents is 1. The second-order valence-corrected chi connectivity index (χ2v) is 6.49. The third-order valence-corrected chi connectivity index (χ3v) is 4.84. The van der Waals surface area contributed by atoms with E-state index in [9.17, 15) is 5.11 Å². The van der Waals surface area contributed by atoms with Crippen LogP contribution in [0, 0.1) is 0 Å². The van der Waals surface area contributed by atoms with Gasteiger partial charge in [-0.05, 0) is 36.5 Å². The lowest BCUT2D eigenvalue weighted by Crippen LogP contribution is -2.48. The van der Waals surface area contributed by atoms with Gasteiger partial charge in [-0.2, -0.15) is 0 Å². The summed E-state index contributed by atoms with van der Waals surface area (Å²) in [4.78, 5) is 0. The smallest absolute Gasteiger partial charge is 0.118 e. The molecule has 0 radical (unpaired) electrons. The highest BCUT2D eigenvalue weighted by Gasteiger charge is 2.32. The lowest BCUT2D eigenvalue weighted by Gasteiger charge is -2.39. The fourth-order valence-corrected chi connectivity index (χ4v) is 3.55. The normalized spacial score (nSPS) is 17.3. The monoisotopic (exact) mass is 295 g/mol. The third kappa shape index (κ3) is 3.69. The number of aromatic hydroxyl groups is 1. The molecule has 22 heavy (non-hydrogen) atoms. The minimum Gasteiger partial charge on any atom is -0.508 e. The van der Waals surface area contributed by atoms with E-state index < -0.39 is 0 Å². The van der Waals surface area contributed by atoms with Crippen molar-refractivity contribution in [3.05, 3.63) is 65.7 Å². The Morgan fingerprint density at radius 1 is 0.864 bits per heavy atom. The highest BCUT2D eigenvalue weighted by Crippen LogP contribution is 2.33. The molecule has 0 amide bonds. The van der Waals surface area contributed by atoms with Gasteiger partial charge in [-0.25, -0.2) is 0 Å². The van der Waals surface area contributed by atoms with Crippen molar-refractivity contribution in [1.82, 2.24) is 5.32 Å². The molecule has 0 bridgehead atoms. The summed E-state index contributed by atoms with van der Waals surface area (Å²) in [6.07, 6.45) is 7.16. The van der Waals surface area contributed by atoms with Crippen LogP contribution in [0.5, 0.6) is 5.75 Å². The molecule has 116 valence electrons. The average molecular weight is 295 g/mol. The number of hydrogen-bond donors (Lipinski definition) is 2. The molecule has 0 atom stereocenters. The first-order chi connectivity index (χ1) is 10.8. The van der Waals surface area contributed by atoms with Crippen molar-refractivity contribution in [3.63, 3.8) is 0 Å². The maximum absolute atomic E-state index is 10.1.